The second-order valence-corrected chi connectivity index (χ2v) is 6.66. The number of para-hydroxylation sites is 1. The zero-order valence-electron chi connectivity index (χ0n) is 10.9. The fraction of sp³-hybridized carbons (Fsp3) is 0.250. The number of hydrogen-bond acceptors (Lipinski definition) is 4. The maximum absolute atomic E-state index is 12.2. The number of hydrogen-bond donors (Lipinski definition) is 2. The molecule has 1 aromatic carbocycles. The molecule has 2 aromatic rings. The van der Waals surface area contributed by atoms with Crippen molar-refractivity contribution in [3.63, 3.8) is 0 Å². The Morgan fingerprint density at radius 3 is 2.80 bits per heavy atom. The van der Waals surface area contributed by atoms with Gasteiger partial charge in [0.05, 0.1) is 18.4 Å². The van der Waals surface area contributed by atoms with E-state index >= 15 is 0 Å². The molecule has 0 amide bonds. The topological polar surface area (TPSA) is 76.0 Å². The highest BCUT2D eigenvalue weighted by molar-refractivity contribution is 9.10. The number of aromatic nitrogens is 2. The third kappa shape index (κ3) is 3.59. The third-order valence-electron chi connectivity index (χ3n) is 2.63. The maximum Gasteiger partial charge on any atom is 0.265 e. The molecule has 0 radical (unpaired) electrons. The highest BCUT2D eigenvalue weighted by Gasteiger charge is 2.17. The summed E-state index contributed by atoms with van der Waals surface area (Å²) in [6, 6.07) is 7.04. The molecule has 0 bridgehead atoms. The van der Waals surface area contributed by atoms with Gasteiger partial charge in [-0.25, -0.2) is 8.42 Å². The molecule has 2 rings (SSSR count). The quantitative estimate of drug-likeness (QED) is 0.823. The van der Waals surface area contributed by atoms with Crippen LogP contribution in [-0.4, -0.2) is 31.8 Å². The lowest BCUT2D eigenvalue weighted by Gasteiger charge is -2.07. The van der Waals surface area contributed by atoms with Crippen LogP contribution in [0.5, 0.6) is 0 Å². The van der Waals surface area contributed by atoms with Gasteiger partial charge in [-0.15, -0.1) is 0 Å². The number of halogens is 1. The van der Waals surface area contributed by atoms with Gasteiger partial charge in [-0.05, 0) is 35.1 Å². The summed E-state index contributed by atoms with van der Waals surface area (Å²) in [4.78, 5) is 0.143. The molecule has 6 nitrogen and oxygen atoms in total. The number of benzene rings is 1. The van der Waals surface area contributed by atoms with Crippen molar-refractivity contribution < 1.29 is 8.42 Å². The Kier molecular flexibility index (Phi) is 4.79. The molecule has 0 unspecified atom stereocenters. The average Bonchev–Trinajstić information content (AvgIpc) is 2.88. The van der Waals surface area contributed by atoms with Crippen molar-refractivity contribution in [2.75, 3.05) is 18.3 Å². The predicted molar refractivity (Wildman–Crippen MR) is 81.1 cm³/mol. The van der Waals surface area contributed by atoms with Crippen molar-refractivity contribution in [3.05, 3.63) is 41.1 Å². The summed E-state index contributed by atoms with van der Waals surface area (Å²) in [5.74, 6) is 0. The Bertz CT molecular complexity index is 684. The highest BCUT2D eigenvalue weighted by Crippen LogP contribution is 2.24. The second-order valence-electron chi connectivity index (χ2n) is 4.13. The molecule has 1 aromatic heterocycles. The van der Waals surface area contributed by atoms with E-state index in [4.69, 9.17) is 0 Å². The summed E-state index contributed by atoms with van der Waals surface area (Å²) < 4.78 is 29.3. The summed E-state index contributed by atoms with van der Waals surface area (Å²) in [5.41, 5.74) is 0.496. The van der Waals surface area contributed by atoms with Crippen LogP contribution in [-0.2, 0) is 16.6 Å². The number of anilines is 1. The fourth-order valence-electron chi connectivity index (χ4n) is 1.58. The summed E-state index contributed by atoms with van der Waals surface area (Å²) in [6.45, 7) is 1.33. The molecule has 1 heterocycles. The first kappa shape index (κ1) is 15.0. The molecule has 8 heteroatoms. The number of likely N-dealkylation sites (N-methyl/N-ethyl adjacent to an activating group) is 1. The van der Waals surface area contributed by atoms with Crippen LogP contribution in [0.4, 0.5) is 5.69 Å². The normalized spacial score (nSPS) is 11.5. The molecule has 0 spiro atoms. The standard InChI is InChI=1S/C12H15BrN4O2S/c1-14-6-7-17-9-10(8-15-17)20(18,19)16-12-5-3-2-4-11(12)13/h2-5,8-9,14,16H,6-7H2,1H3. The lowest BCUT2D eigenvalue weighted by atomic mass is 10.3. The van der Waals surface area contributed by atoms with E-state index in [1.807, 2.05) is 13.1 Å². The molecule has 20 heavy (non-hydrogen) atoms. The van der Waals surface area contributed by atoms with Gasteiger partial charge < -0.3 is 5.32 Å². The van der Waals surface area contributed by atoms with Gasteiger partial charge in [-0.3, -0.25) is 9.40 Å². The van der Waals surface area contributed by atoms with E-state index in [1.165, 1.54) is 12.4 Å². The zero-order valence-corrected chi connectivity index (χ0v) is 13.3. The van der Waals surface area contributed by atoms with Gasteiger partial charge in [0.1, 0.15) is 4.90 Å². The van der Waals surface area contributed by atoms with Crippen LogP contribution in [0.15, 0.2) is 46.0 Å². The number of nitrogens with zero attached hydrogens (tertiary/aromatic N) is 2. The smallest absolute Gasteiger partial charge is 0.265 e. The first-order chi connectivity index (χ1) is 9.53. The second kappa shape index (κ2) is 6.38. The SMILES string of the molecule is CNCCn1cc(S(=O)(=O)Nc2ccccc2Br)cn1. The van der Waals surface area contributed by atoms with E-state index in [9.17, 15) is 8.42 Å². The van der Waals surface area contributed by atoms with Crippen molar-refractivity contribution >= 4 is 31.6 Å². The van der Waals surface area contributed by atoms with Gasteiger partial charge in [-0.2, -0.15) is 5.10 Å². The van der Waals surface area contributed by atoms with E-state index in [0.29, 0.717) is 16.7 Å². The summed E-state index contributed by atoms with van der Waals surface area (Å²) >= 11 is 3.30. The van der Waals surface area contributed by atoms with Crippen molar-refractivity contribution in [1.82, 2.24) is 15.1 Å². The van der Waals surface area contributed by atoms with Crippen LogP contribution in [0.1, 0.15) is 0 Å². The van der Waals surface area contributed by atoms with E-state index in [1.54, 1.807) is 22.9 Å². The van der Waals surface area contributed by atoms with Gasteiger partial charge >= 0.3 is 0 Å². The monoisotopic (exact) mass is 358 g/mol. The molecule has 0 atom stereocenters. The molecular weight excluding hydrogens is 344 g/mol. The van der Waals surface area contributed by atoms with Gasteiger partial charge in [0.15, 0.2) is 0 Å². The third-order valence-corrected chi connectivity index (χ3v) is 4.64. The summed E-state index contributed by atoms with van der Waals surface area (Å²) in [6.07, 6.45) is 2.85. The number of nitrogens with one attached hydrogen (secondary N) is 2. The van der Waals surface area contributed by atoms with E-state index in [0.717, 1.165) is 6.54 Å². The molecule has 0 saturated heterocycles. The van der Waals surface area contributed by atoms with Crippen molar-refractivity contribution in [2.45, 2.75) is 11.4 Å². The zero-order chi connectivity index (χ0) is 14.6. The lowest BCUT2D eigenvalue weighted by molar-refractivity contribution is 0.582. The molecule has 0 aliphatic carbocycles. The Balaban J connectivity index is 2.18. The maximum atomic E-state index is 12.2. The summed E-state index contributed by atoms with van der Waals surface area (Å²) in [7, 11) is -1.79. The Hall–Kier alpha value is -1.38. The van der Waals surface area contributed by atoms with E-state index < -0.39 is 10.0 Å². The van der Waals surface area contributed by atoms with Crippen LogP contribution >= 0.6 is 15.9 Å². The minimum Gasteiger partial charge on any atom is -0.318 e. The largest absolute Gasteiger partial charge is 0.318 e. The van der Waals surface area contributed by atoms with Crippen molar-refractivity contribution in [3.8, 4) is 0 Å². The molecule has 0 saturated carbocycles. The Labute approximate surface area is 126 Å². The van der Waals surface area contributed by atoms with Crippen LogP contribution in [0.2, 0.25) is 0 Å². The first-order valence-corrected chi connectivity index (χ1v) is 8.25. The lowest BCUT2D eigenvalue weighted by Crippen LogP contribution is -2.15. The number of sulfonamides is 1. The van der Waals surface area contributed by atoms with Crippen molar-refractivity contribution in [2.24, 2.45) is 0 Å². The van der Waals surface area contributed by atoms with Gasteiger partial charge in [-0.1, -0.05) is 12.1 Å². The highest BCUT2D eigenvalue weighted by atomic mass is 79.9. The molecule has 108 valence electrons. The fourth-order valence-corrected chi connectivity index (χ4v) is 3.13. The molecule has 2 N–H and O–H groups in total. The van der Waals surface area contributed by atoms with Crippen LogP contribution < -0.4 is 10.0 Å². The minimum absolute atomic E-state index is 0.143. The number of rotatable bonds is 6. The van der Waals surface area contributed by atoms with Crippen molar-refractivity contribution in [1.29, 1.82) is 0 Å². The predicted octanol–water partition coefficient (Wildman–Crippen LogP) is 1.67. The first-order valence-electron chi connectivity index (χ1n) is 5.97. The van der Waals surface area contributed by atoms with Crippen LogP contribution in [0.3, 0.4) is 0 Å². The van der Waals surface area contributed by atoms with Crippen LogP contribution in [0.25, 0.3) is 0 Å². The average molecular weight is 359 g/mol. The van der Waals surface area contributed by atoms with Gasteiger partial charge in [0.2, 0.25) is 0 Å². The van der Waals surface area contributed by atoms with E-state index in [-0.39, 0.29) is 4.90 Å². The summed E-state index contributed by atoms with van der Waals surface area (Å²) in [5, 5.41) is 7.01. The molecule has 0 aliphatic heterocycles. The Morgan fingerprint density at radius 2 is 2.10 bits per heavy atom. The Morgan fingerprint density at radius 1 is 1.35 bits per heavy atom. The van der Waals surface area contributed by atoms with Crippen LogP contribution in [0, 0.1) is 0 Å². The minimum atomic E-state index is -3.62. The molecule has 0 aliphatic rings. The van der Waals surface area contributed by atoms with Gasteiger partial charge in [0.25, 0.3) is 10.0 Å². The molecule has 0 fully saturated rings. The van der Waals surface area contributed by atoms with Gasteiger partial charge in [0, 0.05) is 17.2 Å². The van der Waals surface area contributed by atoms with E-state index in [2.05, 4.69) is 31.1 Å². The molecular formula is C12H15BrN4O2S.